The SMILES string of the molecule is ON=Cc1ccccc1.[Ni]. The van der Waals surface area contributed by atoms with Crippen molar-refractivity contribution in [2.24, 2.45) is 5.16 Å². The molecule has 0 spiro atoms. The second-order valence-electron chi connectivity index (χ2n) is 1.66. The van der Waals surface area contributed by atoms with E-state index >= 15 is 0 Å². The Bertz CT molecular complexity index is 198. The zero-order valence-electron chi connectivity index (χ0n) is 5.17. The average molecular weight is 180 g/mol. The number of benzene rings is 1. The topological polar surface area (TPSA) is 32.6 Å². The molecule has 10 heavy (non-hydrogen) atoms. The van der Waals surface area contributed by atoms with Gasteiger partial charge in [0.25, 0.3) is 0 Å². The molecule has 0 saturated carbocycles. The Labute approximate surface area is 69.5 Å². The number of hydrogen-bond acceptors (Lipinski definition) is 2. The molecule has 0 amide bonds. The summed E-state index contributed by atoms with van der Waals surface area (Å²) < 4.78 is 0. The van der Waals surface area contributed by atoms with Gasteiger partial charge in [-0.05, 0) is 5.56 Å². The van der Waals surface area contributed by atoms with Crippen molar-refractivity contribution in [3.8, 4) is 0 Å². The molecule has 0 fully saturated rings. The van der Waals surface area contributed by atoms with Crippen LogP contribution >= 0.6 is 0 Å². The van der Waals surface area contributed by atoms with Crippen molar-refractivity contribution in [3.63, 3.8) is 0 Å². The molecule has 0 aliphatic heterocycles. The molecule has 1 N–H and O–H groups in total. The minimum absolute atomic E-state index is 0. The summed E-state index contributed by atoms with van der Waals surface area (Å²) in [7, 11) is 0. The third kappa shape index (κ3) is 2.65. The summed E-state index contributed by atoms with van der Waals surface area (Å²) in [6, 6.07) is 9.40. The molecule has 1 aromatic carbocycles. The standard InChI is InChI=1S/C7H7NO.Ni/c9-8-6-7-4-2-1-3-5-7;/h1-6,9H;. The average Bonchev–Trinajstić information content (AvgIpc) is 1.91. The van der Waals surface area contributed by atoms with Crippen LogP contribution in [0.25, 0.3) is 0 Å². The first kappa shape index (κ1) is 9.18. The molecule has 0 aromatic heterocycles. The molecular weight excluding hydrogens is 173 g/mol. The summed E-state index contributed by atoms with van der Waals surface area (Å²) in [6.45, 7) is 0. The first-order valence-electron chi connectivity index (χ1n) is 2.66. The minimum atomic E-state index is 0. The predicted molar refractivity (Wildman–Crippen MR) is 35.8 cm³/mol. The number of oxime groups is 1. The van der Waals surface area contributed by atoms with Crippen LogP contribution in [0.4, 0.5) is 0 Å². The van der Waals surface area contributed by atoms with Crippen LogP contribution in [0.2, 0.25) is 0 Å². The molecule has 0 bridgehead atoms. The minimum Gasteiger partial charge on any atom is -0.411 e. The van der Waals surface area contributed by atoms with Crippen molar-refractivity contribution in [1.29, 1.82) is 0 Å². The Morgan fingerprint density at radius 1 is 1.20 bits per heavy atom. The van der Waals surface area contributed by atoms with E-state index in [1.165, 1.54) is 6.21 Å². The smallest absolute Gasteiger partial charge is 0.0733 e. The van der Waals surface area contributed by atoms with E-state index in [1.54, 1.807) is 0 Å². The number of hydrogen-bond donors (Lipinski definition) is 1. The van der Waals surface area contributed by atoms with Crippen molar-refractivity contribution in [3.05, 3.63) is 35.9 Å². The van der Waals surface area contributed by atoms with Gasteiger partial charge in [-0.3, -0.25) is 0 Å². The maximum absolute atomic E-state index is 8.09. The predicted octanol–water partition coefficient (Wildman–Crippen LogP) is 1.49. The van der Waals surface area contributed by atoms with Crippen LogP contribution in [-0.4, -0.2) is 11.4 Å². The van der Waals surface area contributed by atoms with Gasteiger partial charge in [0, 0.05) is 16.5 Å². The Hall–Kier alpha value is -0.816. The van der Waals surface area contributed by atoms with Crippen molar-refractivity contribution >= 4 is 6.21 Å². The molecule has 0 radical (unpaired) electrons. The Morgan fingerprint density at radius 3 is 2.30 bits per heavy atom. The van der Waals surface area contributed by atoms with Gasteiger partial charge in [0.05, 0.1) is 6.21 Å². The second-order valence-corrected chi connectivity index (χ2v) is 1.66. The largest absolute Gasteiger partial charge is 0.411 e. The molecule has 0 unspecified atom stereocenters. The van der Waals surface area contributed by atoms with Gasteiger partial charge in [-0.25, -0.2) is 0 Å². The Morgan fingerprint density at radius 2 is 1.80 bits per heavy atom. The van der Waals surface area contributed by atoms with Gasteiger partial charge >= 0.3 is 0 Å². The number of rotatable bonds is 1. The molecule has 0 aliphatic rings. The fraction of sp³-hybridized carbons (Fsp3) is 0. The third-order valence-corrected chi connectivity index (χ3v) is 1.01. The first-order chi connectivity index (χ1) is 4.43. The van der Waals surface area contributed by atoms with E-state index in [-0.39, 0.29) is 16.5 Å². The van der Waals surface area contributed by atoms with E-state index in [4.69, 9.17) is 5.21 Å². The van der Waals surface area contributed by atoms with Crippen LogP contribution in [0.5, 0.6) is 0 Å². The van der Waals surface area contributed by atoms with Crippen LogP contribution in [-0.2, 0) is 16.5 Å². The van der Waals surface area contributed by atoms with E-state index in [9.17, 15) is 0 Å². The molecule has 0 heterocycles. The molecule has 1 rings (SSSR count). The van der Waals surface area contributed by atoms with Gasteiger partial charge in [0.1, 0.15) is 0 Å². The van der Waals surface area contributed by atoms with Crippen LogP contribution in [0.15, 0.2) is 35.5 Å². The quantitative estimate of drug-likeness (QED) is 0.302. The van der Waals surface area contributed by atoms with Gasteiger partial charge in [0.2, 0.25) is 0 Å². The van der Waals surface area contributed by atoms with Crippen molar-refractivity contribution in [2.75, 3.05) is 0 Å². The van der Waals surface area contributed by atoms with E-state index < -0.39 is 0 Å². The molecule has 3 heteroatoms. The summed E-state index contributed by atoms with van der Waals surface area (Å²) in [5, 5.41) is 11.0. The summed E-state index contributed by atoms with van der Waals surface area (Å²) in [4.78, 5) is 0. The van der Waals surface area contributed by atoms with Crippen molar-refractivity contribution in [1.82, 2.24) is 0 Å². The molecular formula is C7H7NNiO. The van der Waals surface area contributed by atoms with Gasteiger partial charge < -0.3 is 5.21 Å². The summed E-state index contributed by atoms with van der Waals surface area (Å²) in [5.74, 6) is 0. The first-order valence-corrected chi connectivity index (χ1v) is 2.66. The maximum atomic E-state index is 8.09. The maximum Gasteiger partial charge on any atom is 0.0733 e. The molecule has 0 atom stereocenters. The zero-order chi connectivity index (χ0) is 6.53. The van der Waals surface area contributed by atoms with Gasteiger partial charge in [0.15, 0.2) is 0 Å². The number of nitrogens with zero attached hydrogens (tertiary/aromatic N) is 1. The van der Waals surface area contributed by atoms with Crippen LogP contribution in [0, 0.1) is 0 Å². The summed E-state index contributed by atoms with van der Waals surface area (Å²) >= 11 is 0. The van der Waals surface area contributed by atoms with Gasteiger partial charge in [-0.15, -0.1) is 0 Å². The van der Waals surface area contributed by atoms with E-state index in [0.717, 1.165) is 5.56 Å². The monoisotopic (exact) mass is 179 g/mol. The van der Waals surface area contributed by atoms with Crippen LogP contribution in [0.3, 0.4) is 0 Å². The zero-order valence-corrected chi connectivity index (χ0v) is 6.16. The van der Waals surface area contributed by atoms with E-state index in [2.05, 4.69) is 5.16 Å². The molecule has 1 aromatic rings. The van der Waals surface area contributed by atoms with Crippen molar-refractivity contribution < 1.29 is 21.7 Å². The summed E-state index contributed by atoms with van der Waals surface area (Å²) in [5.41, 5.74) is 0.903. The van der Waals surface area contributed by atoms with E-state index in [0.29, 0.717) is 0 Å². The molecule has 2 nitrogen and oxygen atoms in total. The molecule has 56 valence electrons. The summed E-state index contributed by atoms with van der Waals surface area (Å²) in [6.07, 6.45) is 1.39. The van der Waals surface area contributed by atoms with Crippen molar-refractivity contribution in [2.45, 2.75) is 0 Å². The Kier molecular flexibility index (Phi) is 4.60. The third-order valence-electron chi connectivity index (χ3n) is 1.01. The van der Waals surface area contributed by atoms with Crippen LogP contribution < -0.4 is 0 Å². The Balaban J connectivity index is 0.000000810. The van der Waals surface area contributed by atoms with E-state index in [1.807, 2.05) is 30.3 Å². The second kappa shape index (κ2) is 5.01. The fourth-order valence-electron chi connectivity index (χ4n) is 0.606. The van der Waals surface area contributed by atoms with Crippen LogP contribution in [0.1, 0.15) is 5.56 Å². The molecule has 0 aliphatic carbocycles. The molecule has 0 saturated heterocycles. The van der Waals surface area contributed by atoms with Gasteiger partial charge in [-0.1, -0.05) is 35.5 Å². The van der Waals surface area contributed by atoms with Gasteiger partial charge in [-0.2, -0.15) is 0 Å². The normalized spacial score (nSPS) is 9.20. The fourth-order valence-corrected chi connectivity index (χ4v) is 0.606.